The van der Waals surface area contributed by atoms with Gasteiger partial charge in [0.1, 0.15) is 18.5 Å². The average Bonchev–Trinajstić information content (AvgIpc) is 2.78. The molecule has 0 saturated heterocycles. The van der Waals surface area contributed by atoms with Crippen LogP contribution < -0.4 is 4.74 Å². The van der Waals surface area contributed by atoms with Gasteiger partial charge in [-0.1, -0.05) is 44.4 Å². The van der Waals surface area contributed by atoms with Gasteiger partial charge in [0.2, 0.25) is 0 Å². The van der Waals surface area contributed by atoms with Gasteiger partial charge in [0, 0.05) is 11.5 Å². The zero-order chi connectivity index (χ0) is 21.3. The maximum absolute atomic E-state index is 13.3. The number of ether oxygens (including phenoxy) is 1. The fourth-order valence-corrected chi connectivity index (χ4v) is 5.22. The molecule has 0 aliphatic heterocycles. The summed E-state index contributed by atoms with van der Waals surface area (Å²) in [5.41, 5.74) is 0.953. The van der Waals surface area contributed by atoms with E-state index in [0.29, 0.717) is 11.7 Å². The van der Waals surface area contributed by atoms with E-state index in [2.05, 4.69) is 18.8 Å². The van der Waals surface area contributed by atoms with Gasteiger partial charge in [0.05, 0.1) is 0 Å². The lowest BCUT2D eigenvalue weighted by Crippen LogP contribution is -2.25. The minimum Gasteiger partial charge on any atom is -0.490 e. The van der Waals surface area contributed by atoms with E-state index < -0.39 is 12.3 Å². The quantitative estimate of drug-likeness (QED) is 0.418. The third-order valence-electron chi connectivity index (χ3n) is 7.21. The second kappa shape index (κ2) is 11.7. The molecule has 0 spiro atoms. The van der Waals surface area contributed by atoms with Crippen molar-refractivity contribution in [3.05, 3.63) is 29.8 Å². The van der Waals surface area contributed by atoms with E-state index in [1.807, 2.05) is 12.1 Å². The summed E-state index contributed by atoms with van der Waals surface area (Å²) in [6.07, 6.45) is 10.6. The predicted octanol–water partition coefficient (Wildman–Crippen LogP) is 7.53. The van der Waals surface area contributed by atoms with Crippen molar-refractivity contribution < 1.29 is 13.5 Å². The summed E-state index contributed by atoms with van der Waals surface area (Å²) < 4.78 is 31.4. The van der Waals surface area contributed by atoms with Gasteiger partial charge in [0.15, 0.2) is 6.17 Å². The molecule has 0 heterocycles. The molecule has 0 N–H and O–H groups in total. The molecule has 30 heavy (non-hydrogen) atoms. The molecule has 166 valence electrons. The molecule has 1 aromatic rings. The average molecular weight is 417 g/mol. The molecule has 2 aliphatic rings. The first-order chi connectivity index (χ1) is 14.5. The summed E-state index contributed by atoms with van der Waals surface area (Å²) >= 11 is 0. The molecule has 2 unspecified atom stereocenters. The SMILES string of the molecule is CCCC1CCC(C2CCC(C#Cc3ccc(OCC(F)C(C)F)cc3)CC2)CC1. The Morgan fingerprint density at radius 3 is 2.10 bits per heavy atom. The van der Waals surface area contributed by atoms with E-state index in [4.69, 9.17) is 4.74 Å². The monoisotopic (exact) mass is 416 g/mol. The van der Waals surface area contributed by atoms with Crippen LogP contribution in [0, 0.1) is 35.5 Å². The van der Waals surface area contributed by atoms with Crippen LogP contribution in [0.2, 0.25) is 0 Å². The number of rotatable bonds is 7. The van der Waals surface area contributed by atoms with Crippen LogP contribution in [-0.4, -0.2) is 19.0 Å². The van der Waals surface area contributed by atoms with Gasteiger partial charge >= 0.3 is 0 Å². The van der Waals surface area contributed by atoms with Crippen LogP contribution in [0.15, 0.2) is 24.3 Å². The lowest BCUT2D eigenvalue weighted by Gasteiger charge is -2.37. The maximum atomic E-state index is 13.3. The van der Waals surface area contributed by atoms with E-state index >= 15 is 0 Å². The Kier molecular flexibility index (Phi) is 9.04. The van der Waals surface area contributed by atoms with Gasteiger partial charge in [-0.15, -0.1) is 0 Å². The number of hydrogen-bond donors (Lipinski definition) is 0. The highest BCUT2D eigenvalue weighted by molar-refractivity contribution is 5.38. The van der Waals surface area contributed by atoms with E-state index in [1.54, 1.807) is 12.1 Å². The fourth-order valence-electron chi connectivity index (χ4n) is 5.22. The second-order valence-corrected chi connectivity index (χ2v) is 9.48. The smallest absolute Gasteiger partial charge is 0.165 e. The molecule has 2 fully saturated rings. The summed E-state index contributed by atoms with van der Waals surface area (Å²) in [7, 11) is 0. The van der Waals surface area contributed by atoms with E-state index in [0.717, 1.165) is 23.3 Å². The van der Waals surface area contributed by atoms with Gasteiger partial charge in [-0.05, 0) is 87.5 Å². The third-order valence-corrected chi connectivity index (χ3v) is 7.21. The summed E-state index contributed by atoms with van der Waals surface area (Å²) in [5.74, 6) is 10.7. The molecule has 1 nitrogen and oxygen atoms in total. The van der Waals surface area contributed by atoms with Crippen molar-refractivity contribution in [3.8, 4) is 17.6 Å². The molecular weight excluding hydrogens is 378 g/mol. The molecule has 1 aromatic carbocycles. The first-order valence-electron chi connectivity index (χ1n) is 12.1. The minimum atomic E-state index is -1.59. The van der Waals surface area contributed by atoms with Crippen LogP contribution in [0.1, 0.15) is 83.6 Å². The Morgan fingerprint density at radius 2 is 1.53 bits per heavy atom. The Hall–Kier alpha value is -1.56. The van der Waals surface area contributed by atoms with Crippen molar-refractivity contribution in [3.63, 3.8) is 0 Å². The van der Waals surface area contributed by atoms with Crippen LogP contribution in [-0.2, 0) is 0 Å². The molecule has 0 amide bonds. The van der Waals surface area contributed by atoms with Gasteiger partial charge in [-0.25, -0.2) is 8.78 Å². The molecule has 0 radical (unpaired) electrons. The molecule has 0 aromatic heterocycles. The Balaban J connectivity index is 1.40. The zero-order valence-electron chi connectivity index (χ0n) is 18.7. The first kappa shape index (κ1) is 23.1. The zero-order valence-corrected chi connectivity index (χ0v) is 18.7. The standard InChI is InChI=1S/C27H38F2O/c1-3-4-21-7-13-24(14-8-21)25-15-9-22(10-16-25)5-6-23-11-17-26(18-12-23)30-19-27(29)20(2)28/h11-12,17-18,20-22,24-25,27H,3-4,7-10,13-16,19H2,1-2H3. The molecule has 0 bridgehead atoms. The summed E-state index contributed by atoms with van der Waals surface area (Å²) in [4.78, 5) is 0. The fraction of sp³-hybridized carbons (Fsp3) is 0.704. The molecule has 2 atom stereocenters. The Bertz CT molecular complexity index is 671. The highest BCUT2D eigenvalue weighted by Crippen LogP contribution is 2.42. The number of hydrogen-bond acceptors (Lipinski definition) is 1. The molecule has 2 aliphatic carbocycles. The normalized spacial score (nSPS) is 28.8. The van der Waals surface area contributed by atoms with E-state index in [1.165, 1.54) is 71.1 Å². The number of benzene rings is 1. The maximum Gasteiger partial charge on any atom is 0.165 e. The van der Waals surface area contributed by atoms with Crippen molar-refractivity contribution >= 4 is 0 Å². The van der Waals surface area contributed by atoms with Gasteiger partial charge in [-0.2, -0.15) is 0 Å². The van der Waals surface area contributed by atoms with E-state index in [9.17, 15) is 8.78 Å². The van der Waals surface area contributed by atoms with Crippen molar-refractivity contribution in [2.75, 3.05) is 6.61 Å². The van der Waals surface area contributed by atoms with Gasteiger partial charge in [-0.3, -0.25) is 0 Å². The van der Waals surface area contributed by atoms with Crippen molar-refractivity contribution in [2.24, 2.45) is 23.7 Å². The summed E-state index contributed by atoms with van der Waals surface area (Å²) in [6, 6.07) is 7.36. The number of alkyl halides is 2. The summed E-state index contributed by atoms with van der Waals surface area (Å²) in [6.45, 7) is 3.26. The minimum absolute atomic E-state index is 0.258. The van der Waals surface area contributed by atoms with Crippen molar-refractivity contribution in [1.29, 1.82) is 0 Å². The number of halogens is 2. The van der Waals surface area contributed by atoms with Crippen LogP contribution >= 0.6 is 0 Å². The van der Waals surface area contributed by atoms with Crippen LogP contribution in [0.4, 0.5) is 8.78 Å². The predicted molar refractivity (Wildman–Crippen MR) is 120 cm³/mol. The topological polar surface area (TPSA) is 9.23 Å². The Morgan fingerprint density at radius 1 is 0.933 bits per heavy atom. The lowest BCUT2D eigenvalue weighted by molar-refractivity contribution is 0.119. The highest BCUT2D eigenvalue weighted by atomic mass is 19.2. The Labute approximate surface area is 182 Å². The van der Waals surface area contributed by atoms with Crippen LogP contribution in [0.3, 0.4) is 0 Å². The van der Waals surface area contributed by atoms with Crippen molar-refractivity contribution in [2.45, 2.75) is 90.4 Å². The lowest BCUT2D eigenvalue weighted by atomic mass is 9.69. The van der Waals surface area contributed by atoms with Crippen LogP contribution in [0.5, 0.6) is 5.75 Å². The van der Waals surface area contributed by atoms with Crippen LogP contribution in [0.25, 0.3) is 0 Å². The summed E-state index contributed by atoms with van der Waals surface area (Å²) in [5, 5.41) is 0. The first-order valence-corrected chi connectivity index (χ1v) is 12.1. The van der Waals surface area contributed by atoms with Gasteiger partial charge < -0.3 is 4.74 Å². The largest absolute Gasteiger partial charge is 0.490 e. The highest BCUT2D eigenvalue weighted by Gasteiger charge is 2.30. The molecule has 2 saturated carbocycles. The second-order valence-electron chi connectivity index (χ2n) is 9.48. The third kappa shape index (κ3) is 7.00. The van der Waals surface area contributed by atoms with E-state index in [-0.39, 0.29) is 6.61 Å². The molecule has 3 heteroatoms. The molecule has 3 rings (SSSR count). The van der Waals surface area contributed by atoms with Crippen molar-refractivity contribution in [1.82, 2.24) is 0 Å². The van der Waals surface area contributed by atoms with Gasteiger partial charge in [0.25, 0.3) is 0 Å². The molecular formula is C27H38F2O.